The van der Waals surface area contributed by atoms with E-state index in [1.54, 1.807) is 0 Å². The zero-order valence-electron chi connectivity index (χ0n) is 12.6. The summed E-state index contributed by atoms with van der Waals surface area (Å²) in [6, 6.07) is 10.8. The summed E-state index contributed by atoms with van der Waals surface area (Å²) in [5.74, 6) is 0.921. The van der Waals surface area contributed by atoms with Crippen LogP contribution in [0.2, 0.25) is 0 Å². The van der Waals surface area contributed by atoms with Crippen molar-refractivity contribution in [1.29, 1.82) is 0 Å². The fraction of sp³-hybridized carbons (Fsp3) is 0.667. The highest BCUT2D eigenvalue weighted by atomic mass is 15.0. The van der Waals surface area contributed by atoms with Crippen molar-refractivity contribution in [3.63, 3.8) is 0 Å². The van der Waals surface area contributed by atoms with E-state index in [4.69, 9.17) is 0 Å². The average molecular weight is 259 g/mol. The highest BCUT2D eigenvalue weighted by Crippen LogP contribution is 2.24. The summed E-state index contributed by atoms with van der Waals surface area (Å²) in [5.41, 5.74) is 1.71. The van der Waals surface area contributed by atoms with E-state index < -0.39 is 0 Å². The van der Waals surface area contributed by atoms with Gasteiger partial charge in [-0.1, -0.05) is 49.6 Å². The van der Waals surface area contributed by atoms with Crippen molar-refractivity contribution >= 4 is 0 Å². The molecule has 1 aliphatic rings. The largest absolute Gasteiger partial charge is 0.312 e. The van der Waals surface area contributed by atoms with Crippen molar-refractivity contribution in [1.82, 2.24) is 5.32 Å². The molecule has 1 heteroatoms. The van der Waals surface area contributed by atoms with Gasteiger partial charge in [-0.2, -0.15) is 0 Å². The lowest BCUT2D eigenvalue weighted by Gasteiger charge is -2.30. The van der Waals surface area contributed by atoms with E-state index in [1.807, 2.05) is 0 Å². The van der Waals surface area contributed by atoms with Gasteiger partial charge >= 0.3 is 0 Å². The summed E-state index contributed by atoms with van der Waals surface area (Å²) in [4.78, 5) is 0. The Morgan fingerprint density at radius 3 is 2.42 bits per heavy atom. The minimum atomic E-state index is 0.257. The molecule has 0 radical (unpaired) electrons. The topological polar surface area (TPSA) is 12.0 Å². The lowest BCUT2D eigenvalue weighted by molar-refractivity contribution is 0.284. The maximum absolute atomic E-state index is 3.80. The first-order valence-electron chi connectivity index (χ1n) is 7.95. The van der Waals surface area contributed by atoms with Crippen LogP contribution in [0.1, 0.15) is 57.9 Å². The molecular weight excluding hydrogens is 230 g/mol. The predicted molar refractivity (Wildman–Crippen MR) is 83.4 cm³/mol. The second kappa shape index (κ2) is 7.09. The normalized spacial score (nSPS) is 17.6. The van der Waals surface area contributed by atoms with Crippen molar-refractivity contribution in [3.05, 3.63) is 35.9 Å². The summed E-state index contributed by atoms with van der Waals surface area (Å²) in [5, 5.41) is 3.80. The van der Waals surface area contributed by atoms with Gasteiger partial charge in [0.2, 0.25) is 0 Å². The van der Waals surface area contributed by atoms with Crippen LogP contribution in [0.25, 0.3) is 0 Å². The molecule has 0 aliphatic heterocycles. The summed E-state index contributed by atoms with van der Waals surface area (Å²) in [7, 11) is 0. The Balaban J connectivity index is 1.71. The first kappa shape index (κ1) is 14.6. The Labute approximate surface area is 118 Å². The van der Waals surface area contributed by atoms with E-state index in [-0.39, 0.29) is 5.54 Å². The molecule has 0 spiro atoms. The molecule has 0 amide bonds. The van der Waals surface area contributed by atoms with Crippen molar-refractivity contribution in [2.75, 3.05) is 6.54 Å². The molecule has 2 rings (SSSR count). The molecule has 1 nitrogen and oxygen atoms in total. The van der Waals surface area contributed by atoms with Gasteiger partial charge in [-0.25, -0.2) is 0 Å². The average Bonchev–Trinajstić information content (AvgIpc) is 2.46. The fourth-order valence-electron chi connectivity index (χ4n) is 3.00. The molecule has 1 aromatic carbocycles. The molecule has 0 atom stereocenters. The standard InChI is InChI=1S/C18H29N/c1-18(2,14-13-16-9-5-3-6-10-16)19-15-17-11-7-4-8-12-17/h3,5-6,9-10,17,19H,4,7-8,11-15H2,1-2H3. The molecular formula is C18H29N. The van der Waals surface area contributed by atoms with Gasteiger partial charge in [0, 0.05) is 5.54 Å². The van der Waals surface area contributed by atoms with Crippen LogP contribution < -0.4 is 5.32 Å². The van der Waals surface area contributed by atoms with Crippen LogP contribution in [0.4, 0.5) is 0 Å². The van der Waals surface area contributed by atoms with E-state index in [0.717, 1.165) is 5.92 Å². The van der Waals surface area contributed by atoms with Crippen molar-refractivity contribution in [3.8, 4) is 0 Å². The number of hydrogen-bond acceptors (Lipinski definition) is 1. The van der Waals surface area contributed by atoms with E-state index in [9.17, 15) is 0 Å². The highest BCUT2D eigenvalue weighted by molar-refractivity contribution is 5.15. The Kier molecular flexibility index (Phi) is 5.45. The third-order valence-electron chi connectivity index (χ3n) is 4.48. The van der Waals surface area contributed by atoms with E-state index in [2.05, 4.69) is 49.5 Å². The van der Waals surface area contributed by atoms with Gasteiger partial charge in [-0.05, 0) is 57.6 Å². The molecule has 0 bridgehead atoms. The minimum Gasteiger partial charge on any atom is -0.312 e. The number of benzene rings is 1. The molecule has 1 aliphatic carbocycles. The van der Waals surface area contributed by atoms with E-state index in [0.29, 0.717) is 0 Å². The maximum atomic E-state index is 3.80. The summed E-state index contributed by atoms with van der Waals surface area (Å²) in [6.07, 6.45) is 9.58. The molecule has 106 valence electrons. The highest BCUT2D eigenvalue weighted by Gasteiger charge is 2.20. The molecule has 1 saturated carbocycles. The molecule has 0 unspecified atom stereocenters. The van der Waals surface area contributed by atoms with Crippen LogP contribution in [-0.4, -0.2) is 12.1 Å². The molecule has 1 fully saturated rings. The van der Waals surface area contributed by atoms with Crippen LogP contribution in [0, 0.1) is 5.92 Å². The van der Waals surface area contributed by atoms with Crippen LogP contribution in [-0.2, 0) is 6.42 Å². The van der Waals surface area contributed by atoms with E-state index in [1.165, 1.54) is 57.1 Å². The Hall–Kier alpha value is -0.820. The van der Waals surface area contributed by atoms with E-state index >= 15 is 0 Å². The second-order valence-corrected chi connectivity index (χ2v) is 6.75. The molecule has 19 heavy (non-hydrogen) atoms. The van der Waals surface area contributed by atoms with Crippen LogP contribution in [0.15, 0.2) is 30.3 Å². The van der Waals surface area contributed by atoms with Crippen LogP contribution >= 0.6 is 0 Å². The van der Waals surface area contributed by atoms with Crippen molar-refractivity contribution in [2.45, 2.75) is 64.3 Å². The first-order chi connectivity index (χ1) is 9.16. The summed E-state index contributed by atoms with van der Waals surface area (Å²) < 4.78 is 0. The summed E-state index contributed by atoms with van der Waals surface area (Å²) in [6.45, 7) is 5.90. The third-order valence-corrected chi connectivity index (χ3v) is 4.48. The number of nitrogens with one attached hydrogen (secondary N) is 1. The van der Waals surface area contributed by atoms with Gasteiger partial charge < -0.3 is 5.32 Å². The zero-order chi connectivity index (χ0) is 13.6. The Bertz CT molecular complexity index is 349. The van der Waals surface area contributed by atoms with Crippen molar-refractivity contribution in [2.24, 2.45) is 5.92 Å². The Morgan fingerprint density at radius 2 is 1.74 bits per heavy atom. The smallest absolute Gasteiger partial charge is 0.0128 e. The van der Waals surface area contributed by atoms with Gasteiger partial charge in [-0.3, -0.25) is 0 Å². The molecule has 0 aromatic heterocycles. The molecule has 0 saturated heterocycles. The zero-order valence-corrected chi connectivity index (χ0v) is 12.6. The maximum Gasteiger partial charge on any atom is 0.0128 e. The number of aryl methyl sites for hydroxylation is 1. The molecule has 1 N–H and O–H groups in total. The SMILES string of the molecule is CC(C)(CCc1ccccc1)NCC1CCCCC1. The van der Waals surface area contributed by atoms with Gasteiger partial charge in [0.05, 0.1) is 0 Å². The summed E-state index contributed by atoms with van der Waals surface area (Å²) >= 11 is 0. The van der Waals surface area contributed by atoms with Gasteiger partial charge in [0.15, 0.2) is 0 Å². The van der Waals surface area contributed by atoms with Crippen LogP contribution in [0.3, 0.4) is 0 Å². The minimum absolute atomic E-state index is 0.257. The van der Waals surface area contributed by atoms with Gasteiger partial charge in [-0.15, -0.1) is 0 Å². The van der Waals surface area contributed by atoms with Crippen LogP contribution in [0.5, 0.6) is 0 Å². The number of rotatable bonds is 6. The molecule has 1 aromatic rings. The van der Waals surface area contributed by atoms with Gasteiger partial charge in [0.25, 0.3) is 0 Å². The predicted octanol–water partition coefficient (Wildman–Crippen LogP) is 4.57. The monoisotopic (exact) mass is 259 g/mol. The molecule has 0 heterocycles. The number of hydrogen-bond donors (Lipinski definition) is 1. The van der Waals surface area contributed by atoms with Crippen molar-refractivity contribution < 1.29 is 0 Å². The quantitative estimate of drug-likeness (QED) is 0.789. The lowest BCUT2D eigenvalue weighted by atomic mass is 9.88. The first-order valence-corrected chi connectivity index (χ1v) is 7.95. The fourth-order valence-corrected chi connectivity index (χ4v) is 3.00. The van der Waals surface area contributed by atoms with Gasteiger partial charge in [0.1, 0.15) is 0 Å². The Morgan fingerprint density at radius 1 is 1.05 bits per heavy atom. The lowest BCUT2D eigenvalue weighted by Crippen LogP contribution is -2.42. The second-order valence-electron chi connectivity index (χ2n) is 6.75. The third kappa shape index (κ3) is 5.36.